The number of benzene rings is 2. The van der Waals surface area contributed by atoms with E-state index >= 15 is 0 Å². The molecule has 0 aromatic heterocycles. The minimum absolute atomic E-state index is 0.0376. The van der Waals surface area contributed by atoms with Crippen molar-refractivity contribution >= 4 is 5.91 Å². The largest absolute Gasteiger partial charge is 0.494 e. The number of nitrogens with one attached hydrogen (secondary N) is 1. The molecular formula is C22H28N2O2. The molecule has 2 aromatic carbocycles. The smallest absolute Gasteiger partial charge is 0.251 e. The third kappa shape index (κ3) is 4.64. The lowest BCUT2D eigenvalue weighted by Gasteiger charge is -2.28. The SMILES string of the molecule is CCOc1ccc(C(=O)NCC(c2ccc(C)cc2)N2CCCC2)cc1. The number of likely N-dealkylation sites (tertiary alicyclic amines) is 1. The second-order valence-corrected chi connectivity index (χ2v) is 6.84. The van der Waals surface area contributed by atoms with Gasteiger partial charge >= 0.3 is 0 Å². The Hall–Kier alpha value is -2.33. The fraction of sp³-hybridized carbons (Fsp3) is 0.409. The van der Waals surface area contributed by atoms with Crippen LogP contribution in [0.25, 0.3) is 0 Å². The molecule has 1 amide bonds. The van der Waals surface area contributed by atoms with E-state index in [1.54, 1.807) is 0 Å². The van der Waals surface area contributed by atoms with Gasteiger partial charge in [-0.25, -0.2) is 0 Å². The van der Waals surface area contributed by atoms with Crippen LogP contribution in [0.5, 0.6) is 5.75 Å². The second kappa shape index (κ2) is 8.86. The van der Waals surface area contributed by atoms with E-state index in [0.29, 0.717) is 18.7 Å². The number of hydrogen-bond donors (Lipinski definition) is 1. The van der Waals surface area contributed by atoms with Gasteiger partial charge in [0.2, 0.25) is 0 Å². The van der Waals surface area contributed by atoms with Crippen molar-refractivity contribution in [3.05, 3.63) is 65.2 Å². The number of hydrogen-bond acceptors (Lipinski definition) is 3. The number of nitrogens with zero attached hydrogens (tertiary/aromatic N) is 1. The van der Waals surface area contributed by atoms with Crippen LogP contribution in [0.2, 0.25) is 0 Å². The summed E-state index contributed by atoms with van der Waals surface area (Å²) in [4.78, 5) is 15.0. The molecule has 3 rings (SSSR count). The zero-order chi connectivity index (χ0) is 18.4. The summed E-state index contributed by atoms with van der Waals surface area (Å²) in [6.45, 7) is 7.48. The predicted octanol–water partition coefficient (Wildman–Crippen LogP) is 3.96. The Labute approximate surface area is 156 Å². The standard InChI is InChI=1S/C22H28N2O2/c1-3-26-20-12-10-19(11-13-20)22(25)23-16-21(24-14-4-5-15-24)18-8-6-17(2)7-9-18/h6-13,21H,3-5,14-16H2,1-2H3,(H,23,25). The number of carbonyl (C=O) groups is 1. The quantitative estimate of drug-likeness (QED) is 0.820. The van der Waals surface area contributed by atoms with Gasteiger partial charge in [-0.05, 0) is 69.6 Å². The molecule has 1 saturated heterocycles. The van der Waals surface area contributed by atoms with Gasteiger partial charge in [-0.1, -0.05) is 29.8 Å². The Morgan fingerprint density at radius 3 is 2.35 bits per heavy atom. The van der Waals surface area contributed by atoms with E-state index in [1.807, 2.05) is 31.2 Å². The van der Waals surface area contributed by atoms with Gasteiger partial charge < -0.3 is 10.1 Å². The highest BCUT2D eigenvalue weighted by atomic mass is 16.5. The van der Waals surface area contributed by atoms with Crippen LogP contribution in [0.15, 0.2) is 48.5 Å². The zero-order valence-electron chi connectivity index (χ0n) is 15.7. The highest BCUT2D eigenvalue weighted by Gasteiger charge is 2.24. The first-order chi connectivity index (χ1) is 12.7. The Kier molecular flexibility index (Phi) is 6.29. The Morgan fingerprint density at radius 2 is 1.73 bits per heavy atom. The highest BCUT2D eigenvalue weighted by molar-refractivity contribution is 5.94. The Bertz CT molecular complexity index is 704. The van der Waals surface area contributed by atoms with E-state index in [-0.39, 0.29) is 11.9 Å². The molecular weight excluding hydrogens is 324 g/mol. The van der Waals surface area contributed by atoms with Crippen molar-refractivity contribution < 1.29 is 9.53 Å². The van der Waals surface area contributed by atoms with Crippen LogP contribution >= 0.6 is 0 Å². The maximum Gasteiger partial charge on any atom is 0.251 e. The summed E-state index contributed by atoms with van der Waals surface area (Å²) in [7, 11) is 0. The summed E-state index contributed by atoms with van der Waals surface area (Å²) in [6, 6.07) is 16.2. The predicted molar refractivity (Wildman–Crippen MR) is 105 cm³/mol. The number of carbonyl (C=O) groups excluding carboxylic acids is 1. The van der Waals surface area contributed by atoms with Gasteiger partial charge in [-0.15, -0.1) is 0 Å². The number of aryl methyl sites for hydroxylation is 1. The molecule has 138 valence electrons. The molecule has 4 heteroatoms. The molecule has 1 aliphatic rings. The monoisotopic (exact) mass is 352 g/mol. The van der Waals surface area contributed by atoms with Crippen LogP contribution in [0.4, 0.5) is 0 Å². The lowest BCUT2D eigenvalue weighted by atomic mass is 10.0. The summed E-state index contributed by atoms with van der Waals surface area (Å²) >= 11 is 0. The Morgan fingerprint density at radius 1 is 1.08 bits per heavy atom. The van der Waals surface area contributed by atoms with Gasteiger partial charge in [0.25, 0.3) is 5.91 Å². The van der Waals surface area contributed by atoms with E-state index in [2.05, 4.69) is 41.4 Å². The van der Waals surface area contributed by atoms with Crippen LogP contribution in [-0.4, -0.2) is 37.0 Å². The molecule has 0 bridgehead atoms. The first-order valence-electron chi connectivity index (χ1n) is 9.49. The topological polar surface area (TPSA) is 41.6 Å². The van der Waals surface area contributed by atoms with Crippen LogP contribution < -0.4 is 10.1 Å². The van der Waals surface area contributed by atoms with Crippen LogP contribution in [0.3, 0.4) is 0 Å². The number of rotatable bonds is 7. The van der Waals surface area contributed by atoms with Crippen molar-refractivity contribution in [1.82, 2.24) is 10.2 Å². The van der Waals surface area contributed by atoms with E-state index in [4.69, 9.17) is 4.74 Å². The molecule has 1 heterocycles. The molecule has 1 aliphatic heterocycles. The van der Waals surface area contributed by atoms with E-state index in [9.17, 15) is 4.79 Å². The first kappa shape index (κ1) is 18.5. The van der Waals surface area contributed by atoms with Gasteiger partial charge in [-0.3, -0.25) is 9.69 Å². The first-order valence-corrected chi connectivity index (χ1v) is 9.49. The van der Waals surface area contributed by atoms with Gasteiger partial charge in [0.05, 0.1) is 12.6 Å². The van der Waals surface area contributed by atoms with Crippen molar-refractivity contribution in [3.63, 3.8) is 0 Å². The van der Waals surface area contributed by atoms with E-state index in [0.717, 1.165) is 18.8 Å². The molecule has 1 unspecified atom stereocenters. The summed E-state index contributed by atoms with van der Waals surface area (Å²) < 4.78 is 5.44. The van der Waals surface area contributed by atoms with Crippen molar-refractivity contribution in [2.45, 2.75) is 32.7 Å². The molecule has 2 aromatic rings. The second-order valence-electron chi connectivity index (χ2n) is 6.84. The molecule has 0 saturated carbocycles. The van der Waals surface area contributed by atoms with Gasteiger partial charge in [0.15, 0.2) is 0 Å². The molecule has 0 aliphatic carbocycles. The molecule has 1 fully saturated rings. The lowest BCUT2D eigenvalue weighted by molar-refractivity contribution is 0.0938. The van der Waals surface area contributed by atoms with Crippen molar-refractivity contribution in [3.8, 4) is 5.75 Å². The van der Waals surface area contributed by atoms with Gasteiger partial charge in [0.1, 0.15) is 5.75 Å². The molecule has 4 nitrogen and oxygen atoms in total. The minimum atomic E-state index is -0.0376. The number of amides is 1. The molecule has 0 radical (unpaired) electrons. The maximum absolute atomic E-state index is 12.5. The van der Waals surface area contributed by atoms with Crippen LogP contribution in [0, 0.1) is 6.92 Å². The third-order valence-corrected chi connectivity index (χ3v) is 4.93. The highest BCUT2D eigenvalue weighted by Crippen LogP contribution is 2.25. The average Bonchev–Trinajstić information content (AvgIpc) is 3.18. The third-order valence-electron chi connectivity index (χ3n) is 4.93. The summed E-state index contributed by atoms with van der Waals surface area (Å²) in [5, 5.41) is 3.12. The fourth-order valence-corrected chi connectivity index (χ4v) is 3.46. The zero-order valence-corrected chi connectivity index (χ0v) is 15.7. The molecule has 1 N–H and O–H groups in total. The normalized spacial score (nSPS) is 15.6. The van der Waals surface area contributed by atoms with Gasteiger partial charge in [0, 0.05) is 12.1 Å². The van der Waals surface area contributed by atoms with Crippen molar-refractivity contribution in [2.75, 3.05) is 26.2 Å². The lowest BCUT2D eigenvalue weighted by Crippen LogP contribution is -2.36. The molecule has 26 heavy (non-hydrogen) atoms. The van der Waals surface area contributed by atoms with Crippen molar-refractivity contribution in [2.24, 2.45) is 0 Å². The van der Waals surface area contributed by atoms with Crippen LogP contribution in [0.1, 0.15) is 47.3 Å². The Balaban J connectivity index is 1.66. The average molecular weight is 352 g/mol. The molecule has 1 atom stereocenters. The van der Waals surface area contributed by atoms with Crippen LogP contribution in [-0.2, 0) is 0 Å². The fourth-order valence-electron chi connectivity index (χ4n) is 3.46. The van der Waals surface area contributed by atoms with Gasteiger partial charge in [-0.2, -0.15) is 0 Å². The maximum atomic E-state index is 12.5. The molecule has 0 spiro atoms. The summed E-state index contributed by atoms with van der Waals surface area (Å²) in [6.07, 6.45) is 2.46. The summed E-state index contributed by atoms with van der Waals surface area (Å²) in [5.74, 6) is 0.753. The number of ether oxygens (including phenoxy) is 1. The van der Waals surface area contributed by atoms with E-state index in [1.165, 1.54) is 24.0 Å². The summed E-state index contributed by atoms with van der Waals surface area (Å²) in [5.41, 5.74) is 3.19. The van der Waals surface area contributed by atoms with E-state index < -0.39 is 0 Å². The van der Waals surface area contributed by atoms with Crippen molar-refractivity contribution in [1.29, 1.82) is 0 Å². The minimum Gasteiger partial charge on any atom is -0.494 e.